The second-order valence-corrected chi connectivity index (χ2v) is 6.98. The molecule has 0 spiro atoms. The minimum absolute atomic E-state index is 0.292. The molecule has 24 heavy (non-hydrogen) atoms. The van der Waals surface area contributed by atoms with Crippen molar-refractivity contribution in [1.82, 2.24) is 0 Å². The smallest absolute Gasteiger partial charge is 0.244 e. The molecule has 0 fully saturated rings. The minimum atomic E-state index is -0.292. The molecule has 1 amide bonds. The summed E-state index contributed by atoms with van der Waals surface area (Å²) >= 11 is 0. The zero-order valence-electron chi connectivity index (χ0n) is 16.3. The van der Waals surface area contributed by atoms with E-state index in [4.69, 9.17) is 5.73 Å². The fourth-order valence-corrected chi connectivity index (χ4v) is 2.81. The predicted molar refractivity (Wildman–Crippen MR) is 107 cm³/mol. The normalized spacial score (nSPS) is 12.2. The Morgan fingerprint density at radius 3 is 1.58 bits per heavy atom. The average Bonchev–Trinajstić information content (AvgIpc) is 2.57. The van der Waals surface area contributed by atoms with E-state index in [0.29, 0.717) is 5.57 Å². The van der Waals surface area contributed by atoms with Crippen LogP contribution in [0.2, 0.25) is 0 Å². The van der Waals surface area contributed by atoms with Gasteiger partial charge in [-0.05, 0) is 45.4 Å². The monoisotopic (exact) mass is 335 g/mol. The molecule has 0 atom stereocenters. The van der Waals surface area contributed by atoms with Crippen molar-refractivity contribution in [3.63, 3.8) is 0 Å². The van der Waals surface area contributed by atoms with Gasteiger partial charge in [-0.3, -0.25) is 4.79 Å². The molecule has 2 N–H and O–H groups in total. The van der Waals surface area contributed by atoms with Gasteiger partial charge in [0.15, 0.2) is 0 Å². The number of amides is 1. The molecular weight excluding hydrogens is 294 g/mol. The van der Waals surface area contributed by atoms with Gasteiger partial charge in [0, 0.05) is 5.57 Å². The largest absolute Gasteiger partial charge is 0.366 e. The van der Waals surface area contributed by atoms with Gasteiger partial charge in [-0.2, -0.15) is 0 Å². The van der Waals surface area contributed by atoms with Gasteiger partial charge in [0.1, 0.15) is 0 Å². The lowest BCUT2D eigenvalue weighted by Crippen LogP contribution is -2.11. The lowest BCUT2D eigenvalue weighted by atomic mass is 10.1. The van der Waals surface area contributed by atoms with Gasteiger partial charge in [-0.15, -0.1) is 0 Å². The first-order valence-electron chi connectivity index (χ1n) is 10.3. The summed E-state index contributed by atoms with van der Waals surface area (Å²) in [4.78, 5) is 10.9. The van der Waals surface area contributed by atoms with Crippen molar-refractivity contribution in [2.45, 2.75) is 110 Å². The number of rotatable bonds is 17. The van der Waals surface area contributed by atoms with Gasteiger partial charge >= 0.3 is 0 Å². The first kappa shape index (κ1) is 22.9. The lowest BCUT2D eigenvalue weighted by molar-refractivity contribution is -0.114. The van der Waals surface area contributed by atoms with Crippen LogP contribution in [0.1, 0.15) is 110 Å². The summed E-state index contributed by atoms with van der Waals surface area (Å²) in [5.41, 5.74) is 5.89. The number of unbranched alkanes of at least 4 members (excludes halogenated alkanes) is 13. The Kier molecular flexibility index (Phi) is 17.5. The highest BCUT2D eigenvalue weighted by atomic mass is 16.1. The van der Waals surface area contributed by atoms with Crippen LogP contribution in [0.5, 0.6) is 0 Å². The van der Waals surface area contributed by atoms with Gasteiger partial charge in [0.05, 0.1) is 0 Å². The fraction of sp³-hybridized carbons (Fsp3) is 0.773. The van der Waals surface area contributed by atoms with Crippen LogP contribution in [0.3, 0.4) is 0 Å². The van der Waals surface area contributed by atoms with E-state index in [1.54, 1.807) is 6.92 Å². The van der Waals surface area contributed by atoms with Crippen molar-refractivity contribution in [3.05, 3.63) is 23.8 Å². The van der Waals surface area contributed by atoms with Crippen molar-refractivity contribution < 1.29 is 4.79 Å². The van der Waals surface area contributed by atoms with Gasteiger partial charge in [0.2, 0.25) is 5.91 Å². The van der Waals surface area contributed by atoms with Crippen LogP contribution < -0.4 is 5.73 Å². The Balaban J connectivity index is 3.21. The van der Waals surface area contributed by atoms with E-state index >= 15 is 0 Å². The molecule has 0 saturated carbocycles. The molecular formula is C22H41NO. The molecule has 0 aliphatic rings. The Hall–Kier alpha value is -1.05. The summed E-state index contributed by atoms with van der Waals surface area (Å²) in [7, 11) is 0. The highest BCUT2D eigenvalue weighted by Crippen LogP contribution is 2.11. The summed E-state index contributed by atoms with van der Waals surface area (Å²) in [5.74, 6) is -0.292. The predicted octanol–water partition coefficient (Wildman–Crippen LogP) is 6.85. The molecule has 0 aliphatic carbocycles. The minimum Gasteiger partial charge on any atom is -0.366 e. The first-order valence-corrected chi connectivity index (χ1v) is 10.3. The van der Waals surface area contributed by atoms with Gasteiger partial charge in [-0.1, -0.05) is 82.9 Å². The molecule has 0 bridgehead atoms. The van der Waals surface area contributed by atoms with E-state index in [9.17, 15) is 4.79 Å². The van der Waals surface area contributed by atoms with Crippen LogP contribution in [0.4, 0.5) is 0 Å². The van der Waals surface area contributed by atoms with Gasteiger partial charge < -0.3 is 5.73 Å². The molecule has 0 unspecified atom stereocenters. The first-order chi connectivity index (χ1) is 11.7. The molecule has 0 radical (unpaired) electrons. The second kappa shape index (κ2) is 18.3. The Morgan fingerprint density at radius 2 is 1.12 bits per heavy atom. The molecule has 2 nitrogen and oxygen atoms in total. The van der Waals surface area contributed by atoms with Crippen LogP contribution in [0.15, 0.2) is 23.8 Å². The van der Waals surface area contributed by atoms with E-state index in [0.717, 1.165) is 6.42 Å². The SMILES string of the molecule is CCCCCCCC/C=C\CCCCCCCC/C=C(\C)C(N)=O. The number of carbonyl (C=O) groups is 1. The standard InChI is InChI=1S/C22H41NO/c1-3-4-5-6-7-8-9-10-11-12-13-14-15-16-17-18-19-20-21(2)22(23)24/h10-11,20H,3-9,12-19H2,1-2H3,(H2,23,24)/b11-10-,21-20+. The number of primary amides is 1. The van der Waals surface area contributed by atoms with Crippen molar-refractivity contribution in [2.24, 2.45) is 5.73 Å². The van der Waals surface area contributed by atoms with Crippen molar-refractivity contribution in [2.75, 3.05) is 0 Å². The quantitative estimate of drug-likeness (QED) is 0.176. The molecule has 140 valence electrons. The van der Waals surface area contributed by atoms with Crippen LogP contribution in [0, 0.1) is 0 Å². The van der Waals surface area contributed by atoms with E-state index in [1.165, 1.54) is 89.9 Å². The van der Waals surface area contributed by atoms with Crippen LogP contribution in [-0.4, -0.2) is 5.91 Å². The van der Waals surface area contributed by atoms with Crippen LogP contribution in [-0.2, 0) is 4.79 Å². The maximum atomic E-state index is 10.9. The summed E-state index contributed by atoms with van der Waals surface area (Å²) in [6, 6.07) is 0. The second-order valence-electron chi connectivity index (χ2n) is 6.98. The number of nitrogens with two attached hydrogens (primary N) is 1. The zero-order chi connectivity index (χ0) is 17.9. The Morgan fingerprint density at radius 1 is 0.708 bits per heavy atom. The Bertz CT molecular complexity index is 344. The maximum Gasteiger partial charge on any atom is 0.244 e. The topological polar surface area (TPSA) is 43.1 Å². The number of allylic oxidation sites excluding steroid dienone is 3. The van der Waals surface area contributed by atoms with Gasteiger partial charge in [0.25, 0.3) is 0 Å². The molecule has 0 aromatic rings. The average molecular weight is 336 g/mol. The summed E-state index contributed by atoms with van der Waals surface area (Å²) in [6.07, 6.45) is 26.3. The third kappa shape index (κ3) is 17.3. The third-order valence-corrected chi connectivity index (χ3v) is 4.56. The highest BCUT2D eigenvalue weighted by Gasteiger charge is 1.95. The molecule has 2 heteroatoms. The number of carbonyl (C=O) groups excluding carboxylic acids is 1. The van der Waals surface area contributed by atoms with Crippen molar-refractivity contribution in [1.29, 1.82) is 0 Å². The van der Waals surface area contributed by atoms with Crippen molar-refractivity contribution in [3.8, 4) is 0 Å². The van der Waals surface area contributed by atoms with Crippen LogP contribution >= 0.6 is 0 Å². The molecule has 0 heterocycles. The summed E-state index contributed by atoms with van der Waals surface area (Å²) in [5, 5.41) is 0. The highest BCUT2D eigenvalue weighted by molar-refractivity contribution is 5.91. The third-order valence-electron chi connectivity index (χ3n) is 4.56. The molecule has 0 aromatic carbocycles. The summed E-state index contributed by atoms with van der Waals surface area (Å²) < 4.78 is 0. The molecule has 0 saturated heterocycles. The summed E-state index contributed by atoms with van der Waals surface area (Å²) in [6.45, 7) is 4.07. The molecule has 0 rings (SSSR count). The lowest BCUT2D eigenvalue weighted by Gasteiger charge is -2.00. The van der Waals surface area contributed by atoms with E-state index in [2.05, 4.69) is 19.1 Å². The van der Waals surface area contributed by atoms with Crippen LogP contribution in [0.25, 0.3) is 0 Å². The van der Waals surface area contributed by atoms with E-state index in [-0.39, 0.29) is 5.91 Å². The molecule has 0 aliphatic heterocycles. The molecule has 0 aromatic heterocycles. The maximum absolute atomic E-state index is 10.9. The Labute approximate surface area is 151 Å². The van der Waals surface area contributed by atoms with E-state index < -0.39 is 0 Å². The van der Waals surface area contributed by atoms with E-state index in [1.807, 2.05) is 6.08 Å². The zero-order valence-corrected chi connectivity index (χ0v) is 16.3. The van der Waals surface area contributed by atoms with Gasteiger partial charge in [-0.25, -0.2) is 0 Å². The number of hydrogen-bond acceptors (Lipinski definition) is 1. The van der Waals surface area contributed by atoms with Crippen molar-refractivity contribution >= 4 is 5.91 Å². The fourth-order valence-electron chi connectivity index (χ4n) is 2.81. The number of hydrogen-bond donors (Lipinski definition) is 1.